The van der Waals surface area contributed by atoms with Crippen LogP contribution in [0.25, 0.3) is 0 Å². The minimum atomic E-state index is 0.708. The molecule has 0 unspecified atom stereocenters. The maximum absolute atomic E-state index is 5.97. The number of hydrogen-bond donors (Lipinski definition) is 1. The molecule has 0 bridgehead atoms. The topological polar surface area (TPSA) is 27.7 Å². The monoisotopic (exact) mass is 289 g/mol. The molecule has 4 nitrogen and oxygen atoms in total. The lowest BCUT2D eigenvalue weighted by molar-refractivity contribution is 0.0916. The molecule has 1 N–H and O–H groups in total. The maximum Gasteiger partial charge on any atom is 0.142 e. The molecule has 0 radical (unpaired) electrons. The van der Waals surface area contributed by atoms with E-state index in [2.05, 4.69) is 53.5 Å². The van der Waals surface area contributed by atoms with Gasteiger partial charge in [-0.3, -0.25) is 4.90 Å². The van der Waals surface area contributed by atoms with E-state index in [0.29, 0.717) is 6.73 Å². The predicted molar refractivity (Wildman–Crippen MR) is 87.2 cm³/mol. The molecule has 0 amide bonds. The number of ether oxygens (including phenoxy) is 1. The third kappa shape index (κ3) is 4.39. The van der Waals surface area contributed by atoms with Gasteiger partial charge >= 0.3 is 0 Å². The Bertz CT molecular complexity index is 473. The summed E-state index contributed by atoms with van der Waals surface area (Å²) in [5, 5.41) is 3.01. The van der Waals surface area contributed by atoms with Gasteiger partial charge in [0, 0.05) is 51.7 Å². The van der Waals surface area contributed by atoms with Crippen LogP contribution in [-0.4, -0.2) is 43.7 Å². The highest BCUT2D eigenvalue weighted by atomic mass is 16.5. The average Bonchev–Trinajstić information content (AvgIpc) is 2.52. The Morgan fingerprint density at radius 1 is 1.43 bits per heavy atom. The van der Waals surface area contributed by atoms with Crippen LogP contribution in [0, 0.1) is 0 Å². The lowest BCUT2D eigenvalue weighted by Gasteiger charge is -2.30. The summed E-state index contributed by atoms with van der Waals surface area (Å²) in [4.78, 5) is 4.57. The van der Waals surface area contributed by atoms with Crippen molar-refractivity contribution in [3.05, 3.63) is 41.7 Å². The second kappa shape index (κ2) is 7.93. The summed E-state index contributed by atoms with van der Waals surface area (Å²) in [7, 11) is 4.01. The van der Waals surface area contributed by atoms with Crippen LogP contribution in [-0.2, 0) is 13.0 Å². The fraction of sp³-hybridized carbons (Fsp3) is 0.529. The van der Waals surface area contributed by atoms with Gasteiger partial charge in [-0.25, -0.2) is 0 Å². The molecule has 0 aliphatic carbocycles. The molecule has 0 saturated heterocycles. The number of aryl methyl sites for hydroxylation is 1. The smallest absolute Gasteiger partial charge is 0.142 e. The SMILES string of the molecule is CCc1cccc2c1OCN(CCCN(C)/C=C\NC)C2. The number of nitrogens with zero attached hydrogens (tertiary/aromatic N) is 2. The largest absolute Gasteiger partial charge is 0.478 e. The Balaban J connectivity index is 1.81. The molecule has 1 aromatic rings. The molecule has 0 aromatic heterocycles. The number of benzene rings is 1. The first-order chi connectivity index (χ1) is 10.2. The predicted octanol–water partition coefficient (Wildman–Crippen LogP) is 2.41. The maximum atomic E-state index is 5.97. The van der Waals surface area contributed by atoms with Gasteiger partial charge in [-0.2, -0.15) is 0 Å². The molecule has 0 atom stereocenters. The number of fused-ring (bicyclic) bond motifs is 1. The van der Waals surface area contributed by atoms with Gasteiger partial charge in [0.1, 0.15) is 12.5 Å². The van der Waals surface area contributed by atoms with Crippen molar-refractivity contribution in [3.63, 3.8) is 0 Å². The molecule has 0 fully saturated rings. The molecule has 116 valence electrons. The van der Waals surface area contributed by atoms with E-state index in [4.69, 9.17) is 4.74 Å². The van der Waals surface area contributed by atoms with Crippen molar-refractivity contribution in [1.82, 2.24) is 15.1 Å². The van der Waals surface area contributed by atoms with E-state index in [0.717, 1.165) is 38.2 Å². The summed E-state index contributed by atoms with van der Waals surface area (Å²) in [6.07, 6.45) is 6.19. The van der Waals surface area contributed by atoms with Crippen LogP contribution in [0.3, 0.4) is 0 Å². The summed E-state index contributed by atoms with van der Waals surface area (Å²) >= 11 is 0. The standard InChI is InChI=1S/C17H27N3O/c1-4-15-7-5-8-16-13-20(14-21-17(15)16)11-6-10-19(3)12-9-18-2/h5,7-9,12,18H,4,6,10-11,13-14H2,1-3H3/b12-9-. The highest BCUT2D eigenvalue weighted by molar-refractivity contribution is 5.42. The van der Waals surface area contributed by atoms with E-state index < -0.39 is 0 Å². The van der Waals surface area contributed by atoms with Gasteiger partial charge in [0.05, 0.1) is 0 Å². The van der Waals surface area contributed by atoms with Crippen LogP contribution in [0.2, 0.25) is 0 Å². The Morgan fingerprint density at radius 3 is 3.05 bits per heavy atom. The molecular weight excluding hydrogens is 262 g/mol. The molecule has 1 heterocycles. The van der Waals surface area contributed by atoms with Crippen LogP contribution >= 0.6 is 0 Å². The molecule has 1 aromatic carbocycles. The summed E-state index contributed by atoms with van der Waals surface area (Å²) < 4.78 is 5.97. The quantitative estimate of drug-likeness (QED) is 0.834. The molecule has 4 heteroatoms. The Hall–Kier alpha value is -1.68. The zero-order valence-corrected chi connectivity index (χ0v) is 13.4. The first-order valence-electron chi connectivity index (χ1n) is 7.74. The molecular formula is C17H27N3O. The van der Waals surface area contributed by atoms with E-state index >= 15 is 0 Å². The van der Waals surface area contributed by atoms with Crippen LogP contribution in [0.1, 0.15) is 24.5 Å². The Kier molecular flexibility index (Phi) is 5.93. The van der Waals surface area contributed by atoms with Crippen molar-refractivity contribution in [2.45, 2.75) is 26.3 Å². The minimum Gasteiger partial charge on any atom is -0.478 e. The van der Waals surface area contributed by atoms with Gasteiger partial charge in [0.15, 0.2) is 0 Å². The molecule has 2 rings (SSSR count). The average molecular weight is 289 g/mol. The molecule has 1 aliphatic rings. The Labute approximate surface area is 128 Å². The van der Waals surface area contributed by atoms with Crippen LogP contribution in [0.5, 0.6) is 5.75 Å². The van der Waals surface area contributed by atoms with Gasteiger partial charge in [-0.1, -0.05) is 25.1 Å². The van der Waals surface area contributed by atoms with E-state index in [1.54, 1.807) is 0 Å². The highest BCUT2D eigenvalue weighted by Crippen LogP contribution is 2.29. The van der Waals surface area contributed by atoms with E-state index in [9.17, 15) is 0 Å². The molecule has 0 spiro atoms. The zero-order chi connectivity index (χ0) is 15.1. The fourth-order valence-electron chi connectivity index (χ4n) is 2.63. The van der Waals surface area contributed by atoms with Gasteiger partial charge in [0.25, 0.3) is 0 Å². The van der Waals surface area contributed by atoms with E-state index in [1.165, 1.54) is 11.1 Å². The van der Waals surface area contributed by atoms with Crippen LogP contribution < -0.4 is 10.1 Å². The summed E-state index contributed by atoms with van der Waals surface area (Å²) in [6, 6.07) is 6.49. The summed E-state index contributed by atoms with van der Waals surface area (Å²) in [6.45, 7) is 6.00. The zero-order valence-electron chi connectivity index (χ0n) is 13.4. The number of hydrogen-bond acceptors (Lipinski definition) is 4. The molecule has 1 aliphatic heterocycles. The third-order valence-corrected chi connectivity index (χ3v) is 3.83. The summed E-state index contributed by atoms with van der Waals surface area (Å²) in [5.41, 5.74) is 2.65. The van der Waals surface area contributed by atoms with Crippen molar-refractivity contribution in [1.29, 1.82) is 0 Å². The van der Waals surface area contributed by atoms with Gasteiger partial charge < -0.3 is 15.0 Å². The van der Waals surface area contributed by atoms with Crippen molar-refractivity contribution in [2.24, 2.45) is 0 Å². The second-order valence-electron chi connectivity index (χ2n) is 5.52. The number of nitrogens with one attached hydrogen (secondary N) is 1. The molecule has 21 heavy (non-hydrogen) atoms. The fourth-order valence-corrected chi connectivity index (χ4v) is 2.63. The third-order valence-electron chi connectivity index (χ3n) is 3.83. The highest BCUT2D eigenvalue weighted by Gasteiger charge is 2.18. The first kappa shape index (κ1) is 15.7. The van der Waals surface area contributed by atoms with Crippen molar-refractivity contribution < 1.29 is 4.74 Å². The molecule has 0 saturated carbocycles. The van der Waals surface area contributed by atoms with E-state index in [1.807, 2.05) is 13.2 Å². The normalized spacial score (nSPS) is 14.8. The van der Waals surface area contributed by atoms with Gasteiger partial charge in [-0.05, 0) is 18.4 Å². The van der Waals surface area contributed by atoms with Gasteiger partial charge in [-0.15, -0.1) is 0 Å². The summed E-state index contributed by atoms with van der Waals surface area (Å²) in [5.74, 6) is 1.12. The van der Waals surface area contributed by atoms with Gasteiger partial charge in [0.2, 0.25) is 0 Å². The van der Waals surface area contributed by atoms with Crippen LogP contribution in [0.15, 0.2) is 30.6 Å². The van der Waals surface area contributed by atoms with Crippen molar-refractivity contribution >= 4 is 0 Å². The lowest BCUT2D eigenvalue weighted by atomic mass is 10.1. The second-order valence-corrected chi connectivity index (χ2v) is 5.52. The lowest BCUT2D eigenvalue weighted by Crippen LogP contribution is -2.34. The minimum absolute atomic E-state index is 0.708. The van der Waals surface area contributed by atoms with Crippen molar-refractivity contribution in [3.8, 4) is 5.75 Å². The number of rotatable bonds is 7. The first-order valence-corrected chi connectivity index (χ1v) is 7.74. The van der Waals surface area contributed by atoms with E-state index in [-0.39, 0.29) is 0 Å². The number of para-hydroxylation sites is 1. The van der Waals surface area contributed by atoms with Crippen molar-refractivity contribution in [2.75, 3.05) is 33.9 Å². The Morgan fingerprint density at radius 2 is 2.29 bits per heavy atom. The van der Waals surface area contributed by atoms with Crippen LogP contribution in [0.4, 0.5) is 0 Å².